The second-order valence-electron chi connectivity index (χ2n) is 6.66. The molecule has 0 aliphatic carbocycles. The first-order valence-electron chi connectivity index (χ1n) is 9.47. The number of nitrogens with zero attached hydrogens (tertiary/aromatic N) is 2. The molecule has 9 heteroatoms. The summed E-state index contributed by atoms with van der Waals surface area (Å²) < 4.78 is 15.2. The molecule has 31 heavy (non-hydrogen) atoms. The van der Waals surface area contributed by atoms with Crippen LogP contribution in [0.15, 0.2) is 46.1 Å². The van der Waals surface area contributed by atoms with Crippen molar-refractivity contribution in [2.75, 3.05) is 14.2 Å². The van der Waals surface area contributed by atoms with Crippen LogP contribution < -0.4 is 10.1 Å². The van der Waals surface area contributed by atoms with Gasteiger partial charge in [-0.3, -0.25) is 4.79 Å². The fraction of sp³-hybridized carbons (Fsp3) is 0.273. The number of esters is 1. The minimum atomic E-state index is -0.504. The number of thioether (sulfide) groups is 1. The molecule has 162 valence electrons. The zero-order chi connectivity index (χ0) is 22.4. The Morgan fingerprint density at radius 1 is 1.16 bits per heavy atom. The molecule has 0 saturated heterocycles. The highest BCUT2D eigenvalue weighted by molar-refractivity contribution is 7.98. The number of aryl methyl sites for hydroxylation is 2. The van der Waals surface area contributed by atoms with Crippen LogP contribution >= 0.6 is 11.8 Å². The lowest BCUT2D eigenvalue weighted by Gasteiger charge is -2.11. The van der Waals surface area contributed by atoms with Crippen molar-refractivity contribution in [2.24, 2.45) is 0 Å². The molecule has 3 aromatic rings. The van der Waals surface area contributed by atoms with Crippen LogP contribution in [0.25, 0.3) is 0 Å². The molecule has 0 atom stereocenters. The van der Waals surface area contributed by atoms with Crippen molar-refractivity contribution in [1.82, 2.24) is 15.5 Å². The lowest BCUT2D eigenvalue weighted by molar-refractivity contribution is 0.0597. The number of hydrogen-bond donors (Lipinski definition) is 1. The Morgan fingerprint density at radius 2 is 1.97 bits per heavy atom. The number of amides is 1. The van der Waals surface area contributed by atoms with Gasteiger partial charge >= 0.3 is 5.97 Å². The van der Waals surface area contributed by atoms with E-state index in [-0.39, 0.29) is 12.5 Å². The lowest BCUT2D eigenvalue weighted by atomic mass is 10.1. The zero-order valence-electron chi connectivity index (χ0n) is 17.7. The highest BCUT2D eigenvalue weighted by Gasteiger charge is 2.17. The van der Waals surface area contributed by atoms with Crippen molar-refractivity contribution in [3.8, 4) is 5.75 Å². The maximum Gasteiger partial charge on any atom is 0.341 e. The summed E-state index contributed by atoms with van der Waals surface area (Å²) in [6.45, 7) is 3.98. The van der Waals surface area contributed by atoms with Gasteiger partial charge in [0.25, 0.3) is 5.91 Å². The standard InChI is InChI=1S/C22H23N3O5S/c1-13-18(14(2)30-25-13)12-31-21-16(6-5-9-23-21)20(26)24-11-15-7-8-19(28-3)17(10-15)22(27)29-4/h5-10H,11-12H2,1-4H3,(H,24,26). The number of aromatic nitrogens is 2. The Morgan fingerprint density at radius 3 is 2.65 bits per heavy atom. The van der Waals surface area contributed by atoms with Gasteiger partial charge in [0, 0.05) is 24.1 Å². The van der Waals surface area contributed by atoms with E-state index in [9.17, 15) is 9.59 Å². The third kappa shape index (κ3) is 5.24. The van der Waals surface area contributed by atoms with Crippen LogP contribution in [0.5, 0.6) is 5.75 Å². The van der Waals surface area contributed by atoms with E-state index in [0.717, 1.165) is 22.6 Å². The SMILES string of the molecule is COC(=O)c1cc(CNC(=O)c2cccnc2SCc2c(C)noc2C)ccc1OC. The summed E-state index contributed by atoms with van der Waals surface area (Å²) in [6, 6.07) is 8.54. The van der Waals surface area contributed by atoms with Gasteiger partial charge in [-0.1, -0.05) is 11.2 Å². The normalized spacial score (nSPS) is 10.6. The van der Waals surface area contributed by atoms with Crippen molar-refractivity contribution in [1.29, 1.82) is 0 Å². The van der Waals surface area contributed by atoms with Gasteiger partial charge in [0.2, 0.25) is 0 Å². The summed E-state index contributed by atoms with van der Waals surface area (Å²) in [5.74, 6) is 1.000. The maximum absolute atomic E-state index is 12.8. The minimum Gasteiger partial charge on any atom is -0.496 e. The molecule has 0 bridgehead atoms. The molecule has 1 N–H and O–H groups in total. The topological polar surface area (TPSA) is 104 Å². The molecule has 0 unspecified atom stereocenters. The molecule has 2 heterocycles. The Balaban J connectivity index is 1.71. The number of pyridine rings is 1. The summed E-state index contributed by atoms with van der Waals surface area (Å²) in [6.07, 6.45) is 1.65. The molecule has 0 aliphatic rings. The first-order valence-corrected chi connectivity index (χ1v) is 10.5. The van der Waals surface area contributed by atoms with Crippen LogP contribution in [-0.4, -0.2) is 36.2 Å². The van der Waals surface area contributed by atoms with E-state index in [1.165, 1.54) is 26.0 Å². The van der Waals surface area contributed by atoms with Crippen LogP contribution in [0.4, 0.5) is 0 Å². The fourth-order valence-corrected chi connectivity index (χ4v) is 4.08. The largest absolute Gasteiger partial charge is 0.496 e. The quantitative estimate of drug-likeness (QED) is 0.417. The van der Waals surface area contributed by atoms with E-state index in [1.807, 2.05) is 13.8 Å². The molecular formula is C22H23N3O5S. The molecule has 1 amide bonds. The van der Waals surface area contributed by atoms with Gasteiger partial charge in [-0.05, 0) is 43.7 Å². The van der Waals surface area contributed by atoms with Crippen LogP contribution in [0, 0.1) is 13.8 Å². The predicted octanol–water partition coefficient (Wildman–Crippen LogP) is 3.70. The van der Waals surface area contributed by atoms with Crippen molar-refractivity contribution in [3.05, 3.63) is 70.2 Å². The molecule has 2 aromatic heterocycles. The van der Waals surface area contributed by atoms with E-state index in [4.69, 9.17) is 14.0 Å². The molecule has 3 rings (SSSR count). The van der Waals surface area contributed by atoms with Crippen LogP contribution in [0.3, 0.4) is 0 Å². The van der Waals surface area contributed by atoms with Gasteiger partial charge in [-0.25, -0.2) is 9.78 Å². The molecule has 0 fully saturated rings. The minimum absolute atomic E-state index is 0.232. The fourth-order valence-electron chi connectivity index (χ4n) is 2.94. The first-order chi connectivity index (χ1) is 14.9. The highest BCUT2D eigenvalue weighted by Crippen LogP contribution is 2.27. The van der Waals surface area contributed by atoms with Crippen LogP contribution in [0.1, 0.15) is 43.3 Å². The Bertz CT molecular complexity index is 1080. The Kier molecular flexibility index (Phi) is 7.30. The zero-order valence-corrected chi connectivity index (χ0v) is 18.5. The first kappa shape index (κ1) is 22.4. The van der Waals surface area contributed by atoms with Crippen molar-refractivity contribution in [2.45, 2.75) is 31.2 Å². The second kappa shape index (κ2) is 10.1. The van der Waals surface area contributed by atoms with Gasteiger partial charge in [0.15, 0.2) is 0 Å². The number of methoxy groups -OCH3 is 2. The van der Waals surface area contributed by atoms with E-state index in [1.54, 1.807) is 36.5 Å². The maximum atomic E-state index is 12.8. The van der Waals surface area contributed by atoms with E-state index in [0.29, 0.717) is 27.7 Å². The van der Waals surface area contributed by atoms with E-state index < -0.39 is 5.97 Å². The molecule has 0 aliphatic heterocycles. The molecule has 0 spiro atoms. The van der Waals surface area contributed by atoms with E-state index >= 15 is 0 Å². The number of nitrogens with one attached hydrogen (secondary N) is 1. The summed E-state index contributed by atoms with van der Waals surface area (Å²) in [7, 11) is 2.79. The number of benzene rings is 1. The van der Waals surface area contributed by atoms with Gasteiger partial charge in [-0.15, -0.1) is 11.8 Å². The van der Waals surface area contributed by atoms with Crippen LogP contribution in [-0.2, 0) is 17.0 Å². The number of hydrogen-bond acceptors (Lipinski definition) is 8. The average Bonchev–Trinajstić information content (AvgIpc) is 3.12. The number of ether oxygens (including phenoxy) is 2. The molecule has 0 radical (unpaired) electrons. The monoisotopic (exact) mass is 441 g/mol. The van der Waals surface area contributed by atoms with Gasteiger partial charge in [-0.2, -0.15) is 0 Å². The molecule has 8 nitrogen and oxygen atoms in total. The van der Waals surface area contributed by atoms with Crippen LogP contribution in [0.2, 0.25) is 0 Å². The summed E-state index contributed by atoms with van der Waals surface area (Å²) in [5.41, 5.74) is 3.33. The number of carbonyl (C=O) groups is 2. The third-order valence-corrected chi connectivity index (χ3v) is 5.70. The molecular weight excluding hydrogens is 418 g/mol. The average molecular weight is 442 g/mol. The summed E-state index contributed by atoms with van der Waals surface area (Å²) in [5, 5.41) is 7.45. The molecule has 1 aromatic carbocycles. The van der Waals surface area contributed by atoms with Gasteiger partial charge in [0.05, 0.1) is 25.5 Å². The Labute approximate surface area is 184 Å². The smallest absolute Gasteiger partial charge is 0.341 e. The lowest BCUT2D eigenvalue weighted by Crippen LogP contribution is -2.24. The summed E-state index contributed by atoms with van der Waals surface area (Å²) >= 11 is 1.45. The van der Waals surface area contributed by atoms with E-state index in [2.05, 4.69) is 15.5 Å². The Hall–Kier alpha value is -3.33. The van der Waals surface area contributed by atoms with Crippen molar-refractivity contribution >= 4 is 23.6 Å². The van der Waals surface area contributed by atoms with Gasteiger partial charge in [0.1, 0.15) is 22.1 Å². The number of rotatable bonds is 8. The highest BCUT2D eigenvalue weighted by atomic mass is 32.2. The summed E-state index contributed by atoms with van der Waals surface area (Å²) in [4.78, 5) is 29.1. The molecule has 0 saturated carbocycles. The third-order valence-electron chi connectivity index (χ3n) is 4.67. The number of carbonyl (C=O) groups excluding carboxylic acids is 2. The van der Waals surface area contributed by atoms with Gasteiger partial charge < -0.3 is 19.3 Å². The van der Waals surface area contributed by atoms with Crippen molar-refractivity contribution in [3.63, 3.8) is 0 Å². The van der Waals surface area contributed by atoms with Crippen molar-refractivity contribution < 1.29 is 23.6 Å². The second-order valence-corrected chi connectivity index (χ2v) is 7.62. The predicted molar refractivity (Wildman–Crippen MR) is 115 cm³/mol.